The Hall–Kier alpha value is -0.850. The van der Waals surface area contributed by atoms with Crippen LogP contribution in [0.2, 0.25) is 0 Å². The van der Waals surface area contributed by atoms with E-state index in [-0.39, 0.29) is 5.41 Å². The Kier molecular flexibility index (Phi) is 7.90. The highest BCUT2D eigenvalue weighted by Crippen LogP contribution is 2.19. The fraction of sp³-hybridized carbons (Fsp3) is 0.917. The molecule has 6 heteroatoms. The van der Waals surface area contributed by atoms with Crippen LogP contribution in [0.5, 0.6) is 0 Å². The van der Waals surface area contributed by atoms with Gasteiger partial charge in [-0.05, 0) is 38.4 Å². The first-order valence-electron chi connectivity index (χ1n) is 6.52. The lowest BCUT2D eigenvalue weighted by molar-refractivity contribution is 0.263. The van der Waals surface area contributed by atoms with Crippen molar-refractivity contribution in [2.75, 3.05) is 26.7 Å². The molecule has 108 valence electrons. The zero-order chi connectivity index (χ0) is 14.2. The molecule has 18 heavy (non-hydrogen) atoms. The fourth-order valence-electron chi connectivity index (χ4n) is 2.09. The molecular weight excluding hydrogens is 228 g/mol. The van der Waals surface area contributed by atoms with Gasteiger partial charge in [0.2, 0.25) is 0 Å². The number of hydrazone groups is 1. The van der Waals surface area contributed by atoms with E-state index < -0.39 is 0 Å². The van der Waals surface area contributed by atoms with Crippen molar-refractivity contribution in [2.24, 2.45) is 33.9 Å². The van der Waals surface area contributed by atoms with Gasteiger partial charge in [-0.1, -0.05) is 20.8 Å². The highest BCUT2D eigenvalue weighted by molar-refractivity contribution is 5.84. The summed E-state index contributed by atoms with van der Waals surface area (Å²) in [6, 6.07) is 0. The lowest BCUT2D eigenvalue weighted by Gasteiger charge is -2.33. The lowest BCUT2D eigenvalue weighted by atomic mass is 9.93. The topological polar surface area (TPSA) is 106 Å². The zero-order valence-corrected chi connectivity index (χ0v) is 12.2. The van der Waals surface area contributed by atoms with Gasteiger partial charge in [0, 0.05) is 12.5 Å². The number of nitrogens with two attached hydrogens (primary N) is 3. The van der Waals surface area contributed by atoms with E-state index in [4.69, 9.17) is 11.7 Å². The number of hydrazine groups is 1. The van der Waals surface area contributed by atoms with Crippen molar-refractivity contribution in [1.29, 1.82) is 0 Å². The molecule has 1 heterocycles. The van der Waals surface area contributed by atoms with Crippen molar-refractivity contribution in [3.63, 3.8) is 0 Å². The summed E-state index contributed by atoms with van der Waals surface area (Å²) in [5.41, 5.74) is 4.65. The SMILES string of the molecule is CC(C)(C)CN(N)/C(=N\N)C1CCNCC1.CN. The smallest absolute Gasteiger partial charge is 0.141 e. The Morgan fingerprint density at radius 2 is 1.78 bits per heavy atom. The number of nitrogens with one attached hydrogen (secondary N) is 1. The molecule has 1 saturated heterocycles. The number of rotatable bonds is 2. The molecule has 1 aliphatic heterocycles. The third-order valence-corrected chi connectivity index (χ3v) is 2.78. The van der Waals surface area contributed by atoms with Crippen molar-refractivity contribution < 1.29 is 0 Å². The van der Waals surface area contributed by atoms with Gasteiger partial charge in [-0.3, -0.25) is 5.01 Å². The van der Waals surface area contributed by atoms with Gasteiger partial charge in [-0.15, -0.1) is 0 Å². The van der Waals surface area contributed by atoms with Crippen molar-refractivity contribution in [3.8, 4) is 0 Å². The average Bonchev–Trinajstić information content (AvgIpc) is 2.31. The molecule has 0 aromatic heterocycles. The van der Waals surface area contributed by atoms with Crippen molar-refractivity contribution >= 4 is 5.84 Å². The first-order valence-corrected chi connectivity index (χ1v) is 6.52. The summed E-state index contributed by atoms with van der Waals surface area (Å²) in [6.07, 6.45) is 2.13. The second-order valence-electron chi connectivity index (χ2n) is 5.70. The van der Waals surface area contributed by atoms with Crippen LogP contribution in [0.25, 0.3) is 0 Å². The van der Waals surface area contributed by atoms with Crippen molar-refractivity contribution in [3.05, 3.63) is 0 Å². The van der Waals surface area contributed by atoms with Gasteiger partial charge in [0.15, 0.2) is 0 Å². The molecule has 0 aromatic carbocycles. The van der Waals surface area contributed by atoms with E-state index in [0.717, 1.165) is 38.3 Å². The first-order chi connectivity index (χ1) is 8.44. The third-order valence-electron chi connectivity index (χ3n) is 2.78. The van der Waals surface area contributed by atoms with Gasteiger partial charge in [-0.25, -0.2) is 5.84 Å². The van der Waals surface area contributed by atoms with Crippen LogP contribution in [0, 0.1) is 11.3 Å². The van der Waals surface area contributed by atoms with E-state index in [0.29, 0.717) is 5.92 Å². The minimum absolute atomic E-state index is 0.150. The number of piperidine rings is 1. The maximum atomic E-state index is 6.05. The fourth-order valence-corrected chi connectivity index (χ4v) is 2.09. The van der Waals surface area contributed by atoms with Crippen LogP contribution in [0.4, 0.5) is 0 Å². The number of amidine groups is 1. The second kappa shape index (κ2) is 8.29. The summed E-state index contributed by atoms with van der Waals surface area (Å²) < 4.78 is 0. The predicted octanol–water partition coefficient (Wildman–Crippen LogP) is 0.0549. The molecular formula is C12H30N6. The van der Waals surface area contributed by atoms with E-state index in [2.05, 4.69) is 36.9 Å². The minimum Gasteiger partial charge on any atom is -0.333 e. The molecule has 0 spiro atoms. The first kappa shape index (κ1) is 17.2. The Morgan fingerprint density at radius 3 is 2.17 bits per heavy atom. The molecule has 0 saturated carbocycles. The molecule has 6 nitrogen and oxygen atoms in total. The van der Waals surface area contributed by atoms with E-state index >= 15 is 0 Å². The van der Waals surface area contributed by atoms with Crippen LogP contribution >= 0.6 is 0 Å². The summed E-state index contributed by atoms with van der Waals surface area (Å²) in [4.78, 5) is 0. The van der Waals surface area contributed by atoms with Gasteiger partial charge in [-0.2, -0.15) is 5.10 Å². The molecule has 1 aliphatic rings. The van der Waals surface area contributed by atoms with Crippen LogP contribution in [0.15, 0.2) is 5.10 Å². The second-order valence-corrected chi connectivity index (χ2v) is 5.70. The van der Waals surface area contributed by atoms with E-state index in [9.17, 15) is 0 Å². The summed E-state index contributed by atoms with van der Waals surface area (Å²) in [6.45, 7) is 9.28. The Morgan fingerprint density at radius 1 is 1.28 bits per heavy atom. The average molecular weight is 258 g/mol. The molecule has 1 fully saturated rings. The Balaban J connectivity index is 0.00000137. The van der Waals surface area contributed by atoms with Crippen LogP contribution in [-0.4, -0.2) is 37.5 Å². The molecule has 1 rings (SSSR count). The maximum Gasteiger partial charge on any atom is 0.141 e. The Bertz CT molecular complexity index is 239. The zero-order valence-electron chi connectivity index (χ0n) is 12.2. The standard InChI is InChI=1S/C11H25N5.CH5N/c1-11(2,3)8-16(13)10(15-12)9-4-6-14-7-5-9;1-2/h9,14H,4-8,12-13H2,1-3H3;2H2,1H3/b15-10-;. The van der Waals surface area contributed by atoms with Gasteiger partial charge < -0.3 is 16.9 Å². The normalized spacial score (nSPS) is 18.0. The number of nitrogens with zero attached hydrogens (tertiary/aromatic N) is 2. The molecule has 0 atom stereocenters. The van der Waals surface area contributed by atoms with E-state index in [1.54, 1.807) is 5.01 Å². The largest absolute Gasteiger partial charge is 0.333 e. The van der Waals surface area contributed by atoms with Gasteiger partial charge >= 0.3 is 0 Å². The van der Waals surface area contributed by atoms with Crippen LogP contribution in [-0.2, 0) is 0 Å². The summed E-state index contributed by atoms with van der Waals surface area (Å²) in [5, 5.41) is 8.93. The monoisotopic (exact) mass is 258 g/mol. The van der Waals surface area contributed by atoms with E-state index in [1.165, 1.54) is 7.05 Å². The predicted molar refractivity (Wildman–Crippen MR) is 77.7 cm³/mol. The maximum absolute atomic E-state index is 6.05. The van der Waals surface area contributed by atoms with Crippen molar-refractivity contribution in [1.82, 2.24) is 10.3 Å². The number of hydrogen-bond acceptors (Lipinski definition) is 5. The number of hydrogen-bond donors (Lipinski definition) is 4. The van der Waals surface area contributed by atoms with E-state index in [1.807, 2.05) is 0 Å². The van der Waals surface area contributed by atoms with Gasteiger partial charge in [0.25, 0.3) is 0 Å². The Labute approximate surface area is 111 Å². The molecule has 0 bridgehead atoms. The molecule has 0 unspecified atom stereocenters. The summed E-state index contributed by atoms with van der Waals surface area (Å²) in [5.74, 6) is 12.8. The van der Waals surface area contributed by atoms with Crippen LogP contribution in [0.3, 0.4) is 0 Å². The highest BCUT2D eigenvalue weighted by atomic mass is 15.5. The van der Waals surface area contributed by atoms with Gasteiger partial charge in [0.1, 0.15) is 5.84 Å². The lowest BCUT2D eigenvalue weighted by Crippen LogP contribution is -2.48. The molecule has 0 radical (unpaired) electrons. The molecule has 0 aliphatic carbocycles. The minimum atomic E-state index is 0.150. The third kappa shape index (κ3) is 6.18. The molecule has 0 amide bonds. The highest BCUT2D eigenvalue weighted by Gasteiger charge is 2.25. The molecule has 0 aromatic rings. The summed E-state index contributed by atoms with van der Waals surface area (Å²) >= 11 is 0. The van der Waals surface area contributed by atoms with Crippen LogP contribution in [0.1, 0.15) is 33.6 Å². The molecule has 7 N–H and O–H groups in total. The van der Waals surface area contributed by atoms with Crippen molar-refractivity contribution in [2.45, 2.75) is 33.6 Å². The summed E-state index contributed by atoms with van der Waals surface area (Å²) in [7, 11) is 1.50. The quantitative estimate of drug-likeness (QED) is 0.242. The van der Waals surface area contributed by atoms with Crippen LogP contribution < -0.4 is 22.7 Å². The van der Waals surface area contributed by atoms with Gasteiger partial charge in [0.05, 0.1) is 0 Å².